The van der Waals surface area contributed by atoms with Gasteiger partial charge in [-0.1, -0.05) is 5.92 Å². The van der Waals surface area contributed by atoms with Gasteiger partial charge in [-0.3, -0.25) is 0 Å². The van der Waals surface area contributed by atoms with Crippen LogP contribution in [0.2, 0.25) is 0 Å². The van der Waals surface area contributed by atoms with Crippen molar-refractivity contribution >= 4 is 0 Å². The summed E-state index contributed by atoms with van der Waals surface area (Å²) in [4.78, 5) is 0. The Hall–Kier alpha value is -0.520. The molecule has 0 aromatic rings. The monoisotopic (exact) mass is 138 g/mol. The molecule has 0 aliphatic heterocycles. The third kappa shape index (κ3) is 2.02. The lowest BCUT2D eigenvalue weighted by Crippen LogP contribution is -2.28. The molecule has 1 rings (SSSR count). The molecule has 0 amide bonds. The van der Waals surface area contributed by atoms with Crippen molar-refractivity contribution in [3.8, 4) is 12.3 Å². The van der Waals surface area contributed by atoms with Crippen LogP contribution in [-0.4, -0.2) is 18.6 Å². The summed E-state index contributed by atoms with van der Waals surface area (Å²) in [6.45, 7) is 0.678. The zero-order valence-electron chi connectivity index (χ0n) is 6.14. The molecule has 10 heavy (non-hydrogen) atoms. The lowest BCUT2D eigenvalue weighted by Gasteiger charge is -2.08. The van der Waals surface area contributed by atoms with Crippen molar-refractivity contribution in [1.29, 1.82) is 0 Å². The average molecular weight is 138 g/mol. The van der Waals surface area contributed by atoms with Crippen LogP contribution in [0.1, 0.15) is 19.3 Å². The molecule has 2 heteroatoms. The van der Waals surface area contributed by atoms with E-state index in [1.165, 1.54) is 6.42 Å². The van der Waals surface area contributed by atoms with Crippen molar-refractivity contribution in [1.82, 2.24) is 5.32 Å². The van der Waals surface area contributed by atoms with Crippen LogP contribution < -0.4 is 11.1 Å². The fourth-order valence-electron chi connectivity index (χ4n) is 1.41. The van der Waals surface area contributed by atoms with Crippen LogP contribution in [0.3, 0.4) is 0 Å². The molecule has 56 valence electrons. The molecule has 0 spiro atoms. The minimum absolute atomic E-state index is 0.398. The standard InChI is InChI=1S/C8H14N2/c1-2-5-10-8-4-3-7(9)6-8/h1,7-8,10H,3-6,9H2. The van der Waals surface area contributed by atoms with Gasteiger partial charge in [-0.25, -0.2) is 0 Å². The Morgan fingerprint density at radius 2 is 2.40 bits per heavy atom. The molecule has 2 unspecified atom stereocenters. The highest BCUT2D eigenvalue weighted by Gasteiger charge is 2.20. The Morgan fingerprint density at radius 1 is 1.60 bits per heavy atom. The number of terminal acetylenes is 1. The molecule has 1 fully saturated rings. The van der Waals surface area contributed by atoms with E-state index in [0.717, 1.165) is 12.8 Å². The van der Waals surface area contributed by atoms with E-state index in [1.807, 2.05) is 0 Å². The summed E-state index contributed by atoms with van der Waals surface area (Å²) < 4.78 is 0. The van der Waals surface area contributed by atoms with E-state index in [9.17, 15) is 0 Å². The van der Waals surface area contributed by atoms with Crippen LogP contribution in [-0.2, 0) is 0 Å². The highest BCUT2D eigenvalue weighted by molar-refractivity contribution is 4.91. The van der Waals surface area contributed by atoms with Crippen LogP contribution >= 0.6 is 0 Å². The van der Waals surface area contributed by atoms with Crippen molar-refractivity contribution < 1.29 is 0 Å². The van der Waals surface area contributed by atoms with Gasteiger partial charge < -0.3 is 11.1 Å². The predicted octanol–water partition coefficient (Wildman–Crippen LogP) is 0.0890. The van der Waals surface area contributed by atoms with Gasteiger partial charge in [-0.15, -0.1) is 6.42 Å². The maximum Gasteiger partial charge on any atom is 0.0575 e. The molecule has 0 aromatic carbocycles. The van der Waals surface area contributed by atoms with Crippen molar-refractivity contribution in [3.05, 3.63) is 0 Å². The predicted molar refractivity (Wildman–Crippen MR) is 42.5 cm³/mol. The fourth-order valence-corrected chi connectivity index (χ4v) is 1.41. The second-order valence-corrected chi connectivity index (χ2v) is 2.86. The van der Waals surface area contributed by atoms with E-state index < -0.39 is 0 Å². The number of nitrogens with two attached hydrogens (primary N) is 1. The number of nitrogens with one attached hydrogen (secondary N) is 1. The Balaban J connectivity index is 2.14. The highest BCUT2D eigenvalue weighted by Crippen LogP contribution is 2.16. The van der Waals surface area contributed by atoms with Crippen molar-refractivity contribution in [2.75, 3.05) is 6.54 Å². The van der Waals surface area contributed by atoms with E-state index in [-0.39, 0.29) is 0 Å². The van der Waals surface area contributed by atoms with Gasteiger partial charge in [0, 0.05) is 12.1 Å². The van der Waals surface area contributed by atoms with Gasteiger partial charge in [0.2, 0.25) is 0 Å². The van der Waals surface area contributed by atoms with E-state index in [0.29, 0.717) is 18.6 Å². The topological polar surface area (TPSA) is 38.0 Å². The van der Waals surface area contributed by atoms with Gasteiger partial charge in [0.25, 0.3) is 0 Å². The van der Waals surface area contributed by atoms with Gasteiger partial charge in [0.15, 0.2) is 0 Å². The van der Waals surface area contributed by atoms with Gasteiger partial charge in [-0.2, -0.15) is 0 Å². The van der Waals surface area contributed by atoms with Gasteiger partial charge in [0.05, 0.1) is 6.54 Å². The van der Waals surface area contributed by atoms with Crippen molar-refractivity contribution in [2.24, 2.45) is 5.73 Å². The zero-order chi connectivity index (χ0) is 7.40. The van der Waals surface area contributed by atoms with Crippen LogP contribution in [0.25, 0.3) is 0 Å². The molecule has 0 saturated heterocycles. The number of hydrogen-bond acceptors (Lipinski definition) is 2. The van der Waals surface area contributed by atoms with Crippen LogP contribution in [0.15, 0.2) is 0 Å². The van der Waals surface area contributed by atoms with Gasteiger partial charge >= 0.3 is 0 Å². The molecule has 0 bridgehead atoms. The number of rotatable bonds is 2. The second kappa shape index (κ2) is 3.60. The van der Waals surface area contributed by atoms with Crippen molar-refractivity contribution in [3.63, 3.8) is 0 Å². The highest BCUT2D eigenvalue weighted by atomic mass is 14.9. The SMILES string of the molecule is C#CCNC1CCC(N)C1. The largest absolute Gasteiger partial charge is 0.328 e. The fraction of sp³-hybridized carbons (Fsp3) is 0.750. The molecule has 3 N–H and O–H groups in total. The summed E-state index contributed by atoms with van der Waals surface area (Å²) in [6.07, 6.45) is 8.51. The maximum atomic E-state index is 5.71. The van der Waals surface area contributed by atoms with E-state index in [4.69, 9.17) is 12.2 Å². The normalized spacial score (nSPS) is 32.0. The Kier molecular flexibility index (Phi) is 2.73. The minimum atomic E-state index is 0.398. The minimum Gasteiger partial charge on any atom is -0.328 e. The molecule has 0 radical (unpaired) electrons. The summed E-state index contributed by atoms with van der Waals surface area (Å²) in [6, 6.07) is 0.973. The maximum absolute atomic E-state index is 5.71. The van der Waals surface area contributed by atoms with E-state index in [2.05, 4.69) is 11.2 Å². The first-order valence-electron chi connectivity index (χ1n) is 3.75. The van der Waals surface area contributed by atoms with Gasteiger partial charge in [-0.05, 0) is 19.3 Å². The van der Waals surface area contributed by atoms with E-state index >= 15 is 0 Å². The first kappa shape index (κ1) is 7.59. The Labute approximate surface area is 62.2 Å². The quantitative estimate of drug-likeness (QED) is 0.531. The van der Waals surface area contributed by atoms with Crippen molar-refractivity contribution in [2.45, 2.75) is 31.3 Å². The molecule has 1 saturated carbocycles. The smallest absolute Gasteiger partial charge is 0.0575 e. The third-order valence-corrected chi connectivity index (χ3v) is 1.97. The summed E-state index contributed by atoms with van der Waals surface area (Å²) in [5, 5.41) is 3.25. The summed E-state index contributed by atoms with van der Waals surface area (Å²) >= 11 is 0. The third-order valence-electron chi connectivity index (χ3n) is 1.97. The molecule has 0 heterocycles. The molecule has 1 aliphatic carbocycles. The first-order chi connectivity index (χ1) is 4.83. The zero-order valence-corrected chi connectivity index (χ0v) is 6.14. The molecule has 2 atom stereocenters. The molecule has 0 aromatic heterocycles. The van der Waals surface area contributed by atoms with Crippen LogP contribution in [0.4, 0.5) is 0 Å². The Morgan fingerprint density at radius 3 is 2.90 bits per heavy atom. The first-order valence-corrected chi connectivity index (χ1v) is 3.75. The molecule has 1 aliphatic rings. The molecule has 2 nitrogen and oxygen atoms in total. The molecular weight excluding hydrogens is 124 g/mol. The van der Waals surface area contributed by atoms with Gasteiger partial charge in [0.1, 0.15) is 0 Å². The number of hydrogen-bond donors (Lipinski definition) is 2. The summed E-state index contributed by atoms with van der Waals surface area (Å²) in [5.74, 6) is 2.56. The average Bonchev–Trinajstić information content (AvgIpc) is 2.31. The molecular formula is C8H14N2. The lowest BCUT2D eigenvalue weighted by molar-refractivity contribution is 0.551. The van der Waals surface area contributed by atoms with Crippen LogP contribution in [0, 0.1) is 12.3 Å². The summed E-state index contributed by atoms with van der Waals surface area (Å²) in [7, 11) is 0. The van der Waals surface area contributed by atoms with Crippen LogP contribution in [0.5, 0.6) is 0 Å². The Bertz CT molecular complexity index is 137. The summed E-state index contributed by atoms with van der Waals surface area (Å²) in [5.41, 5.74) is 5.71. The second-order valence-electron chi connectivity index (χ2n) is 2.86. The lowest BCUT2D eigenvalue weighted by atomic mass is 10.2. The van der Waals surface area contributed by atoms with E-state index in [1.54, 1.807) is 0 Å².